The number of allylic oxidation sites excluding steroid dienone is 10. The van der Waals surface area contributed by atoms with E-state index in [1.54, 1.807) is 0 Å². The van der Waals surface area contributed by atoms with Crippen molar-refractivity contribution in [3.05, 3.63) is 60.8 Å². The summed E-state index contributed by atoms with van der Waals surface area (Å²) in [7, 11) is 0. The molecule has 0 saturated heterocycles. The van der Waals surface area contributed by atoms with E-state index in [4.69, 9.17) is 14.2 Å². The molecule has 0 N–H and O–H groups in total. The molecule has 0 aromatic heterocycles. The average Bonchev–Trinajstić information content (AvgIpc) is 3.10. The standard InChI is InChI=1S/C43H72O6/c1-4-7-10-13-16-19-20-21-22-25-27-30-33-36-42(45)48-39-40(49-43(46)37-34-31-28-24-18-15-12-9-6-3)38-47-41(44)35-32-29-26-23-17-14-11-8-5-2/h9,12,18,21-24,26-27,30,40H,4-8,10-11,13-17,19-20,25,28-29,31-39H2,1-3H3/b12-9-,22-21-,24-18-,26-23-,30-27-. The third kappa shape index (κ3) is 36.2. The first-order chi connectivity index (χ1) is 24.0. The second kappa shape index (κ2) is 37.9. The Balaban J connectivity index is 4.51. The largest absolute Gasteiger partial charge is 0.462 e. The number of hydrogen-bond donors (Lipinski definition) is 0. The summed E-state index contributed by atoms with van der Waals surface area (Å²) in [6.07, 6.45) is 43.8. The molecule has 6 heteroatoms. The Hall–Kier alpha value is -2.89. The third-order valence-electron chi connectivity index (χ3n) is 7.99. The summed E-state index contributed by atoms with van der Waals surface area (Å²) < 4.78 is 16.4. The molecule has 1 atom stereocenters. The zero-order valence-corrected chi connectivity index (χ0v) is 31.7. The molecule has 0 radical (unpaired) electrons. The van der Waals surface area contributed by atoms with Crippen LogP contribution in [0.15, 0.2) is 60.8 Å². The normalized spacial score (nSPS) is 12.6. The first-order valence-electron chi connectivity index (χ1n) is 19.8. The Bertz CT molecular complexity index is 929. The van der Waals surface area contributed by atoms with E-state index < -0.39 is 6.10 Å². The summed E-state index contributed by atoms with van der Waals surface area (Å²) in [5, 5.41) is 0. The highest BCUT2D eigenvalue weighted by molar-refractivity contribution is 5.71. The molecule has 0 aromatic carbocycles. The van der Waals surface area contributed by atoms with Crippen LogP contribution in [0.1, 0.15) is 175 Å². The maximum Gasteiger partial charge on any atom is 0.306 e. The fraction of sp³-hybridized carbons (Fsp3) is 0.698. The Labute approximate surface area is 300 Å². The Kier molecular flexibility index (Phi) is 35.7. The summed E-state index contributed by atoms with van der Waals surface area (Å²) in [6, 6.07) is 0. The fourth-order valence-electron chi connectivity index (χ4n) is 5.00. The van der Waals surface area contributed by atoms with Crippen molar-refractivity contribution in [2.75, 3.05) is 13.2 Å². The minimum atomic E-state index is -0.819. The van der Waals surface area contributed by atoms with Crippen molar-refractivity contribution in [1.82, 2.24) is 0 Å². The van der Waals surface area contributed by atoms with Gasteiger partial charge >= 0.3 is 17.9 Å². The molecular weight excluding hydrogens is 612 g/mol. The maximum absolute atomic E-state index is 12.6. The molecule has 0 amide bonds. The number of esters is 3. The van der Waals surface area contributed by atoms with E-state index >= 15 is 0 Å². The van der Waals surface area contributed by atoms with E-state index in [2.05, 4.69) is 75.5 Å². The van der Waals surface area contributed by atoms with Crippen LogP contribution < -0.4 is 0 Å². The van der Waals surface area contributed by atoms with Gasteiger partial charge in [0.15, 0.2) is 6.10 Å². The monoisotopic (exact) mass is 685 g/mol. The summed E-state index contributed by atoms with van der Waals surface area (Å²) in [5.74, 6) is -1.07. The fourth-order valence-corrected chi connectivity index (χ4v) is 5.00. The van der Waals surface area contributed by atoms with Crippen LogP contribution in [0.25, 0.3) is 0 Å². The van der Waals surface area contributed by atoms with Crippen LogP contribution in [-0.4, -0.2) is 37.2 Å². The Morgan fingerprint density at radius 3 is 1.45 bits per heavy atom. The number of ether oxygens (including phenoxy) is 3. The van der Waals surface area contributed by atoms with Crippen molar-refractivity contribution < 1.29 is 28.6 Å². The summed E-state index contributed by atoms with van der Waals surface area (Å²) in [5.41, 5.74) is 0. The molecule has 0 aliphatic rings. The highest BCUT2D eigenvalue weighted by atomic mass is 16.6. The molecule has 0 rings (SSSR count). The van der Waals surface area contributed by atoms with Crippen molar-refractivity contribution >= 4 is 17.9 Å². The minimum Gasteiger partial charge on any atom is -0.462 e. The number of unbranched alkanes of at least 4 members (excludes halogenated alkanes) is 13. The van der Waals surface area contributed by atoms with Crippen molar-refractivity contribution in [1.29, 1.82) is 0 Å². The molecule has 0 aromatic rings. The topological polar surface area (TPSA) is 78.9 Å². The Morgan fingerprint density at radius 1 is 0.429 bits per heavy atom. The average molecular weight is 685 g/mol. The quantitative estimate of drug-likeness (QED) is 0.0290. The van der Waals surface area contributed by atoms with Gasteiger partial charge in [-0.15, -0.1) is 0 Å². The van der Waals surface area contributed by atoms with Gasteiger partial charge in [-0.05, 0) is 83.5 Å². The molecule has 280 valence electrons. The molecule has 0 aliphatic heterocycles. The predicted molar refractivity (Wildman–Crippen MR) is 205 cm³/mol. The van der Waals surface area contributed by atoms with Crippen molar-refractivity contribution in [3.8, 4) is 0 Å². The minimum absolute atomic E-state index is 0.121. The highest BCUT2D eigenvalue weighted by Gasteiger charge is 2.19. The van der Waals surface area contributed by atoms with Gasteiger partial charge in [0, 0.05) is 19.3 Å². The van der Waals surface area contributed by atoms with Gasteiger partial charge in [0.1, 0.15) is 13.2 Å². The van der Waals surface area contributed by atoms with Gasteiger partial charge in [0.25, 0.3) is 0 Å². The van der Waals surface area contributed by atoms with E-state index in [9.17, 15) is 14.4 Å². The van der Waals surface area contributed by atoms with E-state index in [-0.39, 0.29) is 44.0 Å². The smallest absolute Gasteiger partial charge is 0.306 e. The van der Waals surface area contributed by atoms with Crippen molar-refractivity contribution in [2.45, 2.75) is 181 Å². The van der Waals surface area contributed by atoms with E-state index in [0.717, 1.165) is 51.4 Å². The second-order valence-corrected chi connectivity index (χ2v) is 12.8. The summed E-state index contributed by atoms with van der Waals surface area (Å²) in [4.78, 5) is 37.3. The zero-order chi connectivity index (χ0) is 35.9. The van der Waals surface area contributed by atoms with Crippen molar-refractivity contribution in [3.63, 3.8) is 0 Å². The molecule has 0 spiro atoms. The molecule has 1 unspecified atom stereocenters. The molecule has 6 nitrogen and oxygen atoms in total. The molecule has 49 heavy (non-hydrogen) atoms. The van der Waals surface area contributed by atoms with Crippen molar-refractivity contribution in [2.24, 2.45) is 0 Å². The van der Waals surface area contributed by atoms with Crippen LogP contribution in [-0.2, 0) is 28.6 Å². The van der Waals surface area contributed by atoms with E-state index in [1.807, 2.05) is 6.08 Å². The summed E-state index contributed by atoms with van der Waals surface area (Å²) >= 11 is 0. The van der Waals surface area contributed by atoms with Gasteiger partial charge < -0.3 is 14.2 Å². The van der Waals surface area contributed by atoms with Gasteiger partial charge in [-0.2, -0.15) is 0 Å². The molecule has 0 aliphatic carbocycles. The Morgan fingerprint density at radius 2 is 0.857 bits per heavy atom. The predicted octanol–water partition coefficient (Wildman–Crippen LogP) is 12.2. The van der Waals surface area contributed by atoms with Crippen LogP contribution >= 0.6 is 0 Å². The third-order valence-corrected chi connectivity index (χ3v) is 7.99. The lowest BCUT2D eigenvalue weighted by molar-refractivity contribution is -0.166. The maximum atomic E-state index is 12.6. The van der Waals surface area contributed by atoms with Crippen LogP contribution in [0.2, 0.25) is 0 Å². The van der Waals surface area contributed by atoms with E-state index in [0.29, 0.717) is 25.7 Å². The van der Waals surface area contributed by atoms with Crippen LogP contribution in [0.3, 0.4) is 0 Å². The van der Waals surface area contributed by atoms with Crippen LogP contribution in [0, 0.1) is 0 Å². The van der Waals surface area contributed by atoms with Gasteiger partial charge in [0.2, 0.25) is 0 Å². The highest BCUT2D eigenvalue weighted by Crippen LogP contribution is 2.10. The number of rotatable bonds is 34. The molecule has 0 fully saturated rings. The first kappa shape index (κ1) is 46.1. The van der Waals surface area contributed by atoms with Gasteiger partial charge in [-0.25, -0.2) is 0 Å². The summed E-state index contributed by atoms with van der Waals surface area (Å²) in [6.45, 7) is 6.32. The van der Waals surface area contributed by atoms with Crippen LogP contribution in [0.5, 0.6) is 0 Å². The lowest BCUT2D eigenvalue weighted by Gasteiger charge is -2.18. The number of hydrogen-bond acceptors (Lipinski definition) is 6. The molecule has 0 saturated carbocycles. The van der Waals surface area contributed by atoms with Gasteiger partial charge in [-0.3, -0.25) is 14.4 Å². The van der Waals surface area contributed by atoms with Gasteiger partial charge in [0.05, 0.1) is 0 Å². The van der Waals surface area contributed by atoms with Crippen LogP contribution in [0.4, 0.5) is 0 Å². The number of carbonyl (C=O) groups excluding carboxylic acids is 3. The SMILES string of the molecule is CC/C=C\C/C=C\CCCCC(=O)OC(COC(=O)CC/C=C\C/C=C\CCCCCCCC)COC(=O)CCC/C=C\CCCCCC. The molecular formula is C43H72O6. The van der Waals surface area contributed by atoms with E-state index in [1.165, 1.54) is 64.2 Å². The second-order valence-electron chi connectivity index (χ2n) is 12.8. The molecule has 0 heterocycles. The van der Waals surface area contributed by atoms with Gasteiger partial charge in [-0.1, -0.05) is 133 Å². The lowest BCUT2D eigenvalue weighted by Crippen LogP contribution is -2.30. The number of carbonyl (C=O) groups is 3. The zero-order valence-electron chi connectivity index (χ0n) is 31.7. The first-order valence-corrected chi connectivity index (χ1v) is 19.8. The molecule has 0 bridgehead atoms. The lowest BCUT2D eigenvalue weighted by atomic mass is 10.1.